The summed E-state index contributed by atoms with van der Waals surface area (Å²) in [7, 11) is 0. The SMILES string of the molecule is Cc1ccc(C(C)CC(N)=S)cc1Br. The van der Waals surface area contributed by atoms with Crippen LogP contribution in [0.2, 0.25) is 0 Å². The zero-order chi connectivity index (χ0) is 10.7. The van der Waals surface area contributed by atoms with Gasteiger partial charge < -0.3 is 5.73 Å². The average Bonchev–Trinajstić information content (AvgIpc) is 2.08. The monoisotopic (exact) mass is 271 g/mol. The van der Waals surface area contributed by atoms with Crippen LogP contribution >= 0.6 is 28.1 Å². The second-order valence-electron chi connectivity index (χ2n) is 3.58. The largest absolute Gasteiger partial charge is 0.393 e. The van der Waals surface area contributed by atoms with Crippen LogP contribution in [0.4, 0.5) is 0 Å². The summed E-state index contributed by atoms with van der Waals surface area (Å²) in [6, 6.07) is 6.37. The fourth-order valence-electron chi connectivity index (χ4n) is 1.34. The molecule has 0 heterocycles. The van der Waals surface area contributed by atoms with Crippen LogP contribution in [0.25, 0.3) is 0 Å². The van der Waals surface area contributed by atoms with Gasteiger partial charge in [-0.1, -0.05) is 47.2 Å². The first kappa shape index (κ1) is 11.7. The Balaban J connectivity index is 2.85. The van der Waals surface area contributed by atoms with Gasteiger partial charge in [0.25, 0.3) is 0 Å². The molecule has 0 aliphatic rings. The molecule has 1 rings (SSSR count). The van der Waals surface area contributed by atoms with Gasteiger partial charge in [0.05, 0.1) is 4.99 Å². The fourth-order valence-corrected chi connectivity index (χ4v) is 1.98. The standard InChI is InChI=1S/C11H14BrNS/c1-7-3-4-9(6-10(7)12)8(2)5-11(13)14/h3-4,6,8H,5H2,1-2H3,(H2,13,14). The topological polar surface area (TPSA) is 26.0 Å². The minimum atomic E-state index is 0.393. The molecule has 76 valence electrons. The number of benzene rings is 1. The lowest BCUT2D eigenvalue weighted by atomic mass is 9.97. The maximum Gasteiger partial charge on any atom is 0.0733 e. The third kappa shape index (κ3) is 3.07. The number of halogens is 1. The molecule has 1 aromatic rings. The van der Waals surface area contributed by atoms with Crippen LogP contribution in [0.3, 0.4) is 0 Å². The Labute approximate surface area is 98.8 Å². The highest BCUT2D eigenvalue weighted by Crippen LogP contribution is 2.24. The molecule has 0 aromatic heterocycles. The van der Waals surface area contributed by atoms with Crippen LogP contribution in [0, 0.1) is 6.92 Å². The Kier molecular flexibility index (Phi) is 4.08. The summed E-state index contributed by atoms with van der Waals surface area (Å²) in [6.45, 7) is 4.21. The molecule has 14 heavy (non-hydrogen) atoms. The summed E-state index contributed by atoms with van der Waals surface area (Å²) in [6.07, 6.45) is 0.769. The molecule has 1 nitrogen and oxygen atoms in total. The van der Waals surface area contributed by atoms with Crippen molar-refractivity contribution in [3.63, 3.8) is 0 Å². The number of rotatable bonds is 3. The lowest BCUT2D eigenvalue weighted by Crippen LogP contribution is -2.11. The molecule has 1 aromatic carbocycles. The van der Waals surface area contributed by atoms with Crippen molar-refractivity contribution in [1.29, 1.82) is 0 Å². The molecule has 3 heteroatoms. The molecule has 0 saturated heterocycles. The molecule has 0 amide bonds. The molecule has 0 aliphatic carbocycles. The smallest absolute Gasteiger partial charge is 0.0733 e. The van der Waals surface area contributed by atoms with Crippen molar-refractivity contribution in [2.24, 2.45) is 5.73 Å². The van der Waals surface area contributed by atoms with Crippen LogP contribution in [0.5, 0.6) is 0 Å². The molecule has 0 bridgehead atoms. The van der Waals surface area contributed by atoms with Crippen LogP contribution < -0.4 is 5.73 Å². The molecular formula is C11H14BrNS. The van der Waals surface area contributed by atoms with E-state index in [9.17, 15) is 0 Å². The Morgan fingerprint density at radius 1 is 1.57 bits per heavy atom. The van der Waals surface area contributed by atoms with E-state index in [4.69, 9.17) is 18.0 Å². The number of aryl methyl sites for hydroxylation is 1. The molecule has 0 spiro atoms. The Bertz CT molecular complexity index is 349. The molecule has 1 unspecified atom stereocenters. The third-order valence-corrected chi connectivity index (χ3v) is 3.29. The van der Waals surface area contributed by atoms with Crippen molar-refractivity contribution in [3.8, 4) is 0 Å². The van der Waals surface area contributed by atoms with E-state index in [-0.39, 0.29) is 0 Å². The van der Waals surface area contributed by atoms with Gasteiger partial charge in [-0.3, -0.25) is 0 Å². The summed E-state index contributed by atoms with van der Waals surface area (Å²) in [5.41, 5.74) is 8.04. The van der Waals surface area contributed by atoms with E-state index in [1.165, 1.54) is 11.1 Å². The molecule has 1 atom stereocenters. The molecule has 0 fully saturated rings. The lowest BCUT2D eigenvalue weighted by Gasteiger charge is -2.11. The van der Waals surface area contributed by atoms with E-state index in [0.29, 0.717) is 10.9 Å². The normalized spacial score (nSPS) is 12.5. The number of hydrogen-bond donors (Lipinski definition) is 1. The van der Waals surface area contributed by atoms with Gasteiger partial charge in [0.2, 0.25) is 0 Å². The van der Waals surface area contributed by atoms with Crippen molar-refractivity contribution in [2.45, 2.75) is 26.2 Å². The van der Waals surface area contributed by atoms with E-state index in [1.807, 2.05) is 0 Å². The highest BCUT2D eigenvalue weighted by molar-refractivity contribution is 9.10. The average molecular weight is 272 g/mol. The van der Waals surface area contributed by atoms with Gasteiger partial charge in [0, 0.05) is 10.9 Å². The van der Waals surface area contributed by atoms with Gasteiger partial charge in [0.1, 0.15) is 0 Å². The van der Waals surface area contributed by atoms with Crippen LogP contribution in [0.15, 0.2) is 22.7 Å². The van der Waals surface area contributed by atoms with Gasteiger partial charge >= 0.3 is 0 Å². The van der Waals surface area contributed by atoms with Crippen LogP contribution in [-0.4, -0.2) is 4.99 Å². The van der Waals surface area contributed by atoms with Crippen molar-refractivity contribution >= 4 is 33.1 Å². The maximum atomic E-state index is 5.52. The highest BCUT2D eigenvalue weighted by Gasteiger charge is 2.07. The third-order valence-electron chi connectivity index (χ3n) is 2.27. The zero-order valence-electron chi connectivity index (χ0n) is 8.38. The van der Waals surface area contributed by atoms with Crippen LogP contribution in [-0.2, 0) is 0 Å². The minimum Gasteiger partial charge on any atom is -0.393 e. The Hall–Kier alpha value is -0.410. The predicted molar refractivity (Wildman–Crippen MR) is 68.7 cm³/mol. The van der Waals surface area contributed by atoms with E-state index < -0.39 is 0 Å². The predicted octanol–water partition coefficient (Wildman–Crippen LogP) is 3.54. The molecular weight excluding hydrogens is 258 g/mol. The van der Waals surface area contributed by atoms with E-state index in [0.717, 1.165) is 10.9 Å². The Morgan fingerprint density at radius 2 is 2.21 bits per heavy atom. The summed E-state index contributed by atoms with van der Waals surface area (Å²) in [5.74, 6) is 0.393. The van der Waals surface area contributed by atoms with Crippen molar-refractivity contribution < 1.29 is 0 Å². The number of hydrogen-bond acceptors (Lipinski definition) is 1. The van der Waals surface area contributed by atoms with Crippen LogP contribution in [0.1, 0.15) is 30.4 Å². The van der Waals surface area contributed by atoms with Gasteiger partial charge in [-0.25, -0.2) is 0 Å². The second-order valence-corrected chi connectivity index (χ2v) is 4.96. The van der Waals surface area contributed by atoms with Gasteiger partial charge in [0.15, 0.2) is 0 Å². The van der Waals surface area contributed by atoms with E-state index in [2.05, 4.69) is 48.0 Å². The van der Waals surface area contributed by atoms with E-state index >= 15 is 0 Å². The molecule has 0 aliphatic heterocycles. The molecule has 0 radical (unpaired) electrons. The van der Waals surface area contributed by atoms with Gasteiger partial charge in [-0.05, 0) is 30.0 Å². The minimum absolute atomic E-state index is 0.393. The first-order valence-electron chi connectivity index (χ1n) is 4.55. The number of nitrogens with two attached hydrogens (primary N) is 1. The zero-order valence-corrected chi connectivity index (χ0v) is 10.8. The quantitative estimate of drug-likeness (QED) is 0.852. The summed E-state index contributed by atoms with van der Waals surface area (Å²) in [4.78, 5) is 0.578. The van der Waals surface area contributed by atoms with E-state index in [1.54, 1.807) is 0 Å². The van der Waals surface area contributed by atoms with Crippen molar-refractivity contribution in [3.05, 3.63) is 33.8 Å². The lowest BCUT2D eigenvalue weighted by molar-refractivity contribution is 0.805. The summed E-state index contributed by atoms with van der Waals surface area (Å²) in [5, 5.41) is 0. The first-order chi connectivity index (χ1) is 6.50. The van der Waals surface area contributed by atoms with Crippen molar-refractivity contribution in [2.75, 3.05) is 0 Å². The maximum absolute atomic E-state index is 5.52. The first-order valence-corrected chi connectivity index (χ1v) is 5.75. The highest BCUT2D eigenvalue weighted by atomic mass is 79.9. The number of thiocarbonyl (C=S) groups is 1. The summed E-state index contributed by atoms with van der Waals surface area (Å²) < 4.78 is 1.14. The second kappa shape index (κ2) is 4.89. The van der Waals surface area contributed by atoms with Crippen molar-refractivity contribution in [1.82, 2.24) is 0 Å². The van der Waals surface area contributed by atoms with Gasteiger partial charge in [-0.15, -0.1) is 0 Å². The fraction of sp³-hybridized carbons (Fsp3) is 0.364. The van der Waals surface area contributed by atoms with Gasteiger partial charge in [-0.2, -0.15) is 0 Å². The summed E-state index contributed by atoms with van der Waals surface area (Å²) >= 11 is 8.41. The Morgan fingerprint density at radius 3 is 2.71 bits per heavy atom. The molecule has 0 saturated carbocycles. The molecule has 2 N–H and O–H groups in total.